The summed E-state index contributed by atoms with van der Waals surface area (Å²) < 4.78 is 0. The predicted molar refractivity (Wildman–Crippen MR) is 74.7 cm³/mol. The molecule has 0 saturated carbocycles. The number of ketones is 1. The summed E-state index contributed by atoms with van der Waals surface area (Å²) in [5, 5.41) is 0.679. The highest BCUT2D eigenvalue weighted by Crippen LogP contribution is 2.14. The van der Waals surface area contributed by atoms with Crippen LogP contribution in [0, 0.1) is 0 Å². The zero-order valence-electron chi connectivity index (χ0n) is 9.90. The van der Waals surface area contributed by atoms with Crippen molar-refractivity contribution in [1.82, 2.24) is 0 Å². The molecule has 0 aliphatic heterocycles. The Hall–Kier alpha value is -1.80. The Morgan fingerprint density at radius 3 is 2.33 bits per heavy atom. The molecule has 0 aliphatic rings. The molecule has 0 spiro atoms. The molecule has 2 rings (SSSR count). The Labute approximate surface area is 111 Å². The molecule has 3 heteroatoms. The lowest BCUT2D eigenvalue weighted by molar-refractivity contribution is -0.117. The summed E-state index contributed by atoms with van der Waals surface area (Å²) in [6.45, 7) is 0. The molecule has 0 amide bonds. The number of hydrogen-bond donors (Lipinski definition) is 1. The maximum Gasteiger partial charge on any atom is 0.141 e. The Morgan fingerprint density at radius 1 is 1.00 bits per heavy atom. The molecule has 92 valence electrons. The molecular formula is C15H14ClNO. The van der Waals surface area contributed by atoms with E-state index in [1.165, 1.54) is 0 Å². The van der Waals surface area contributed by atoms with Crippen molar-refractivity contribution in [3.8, 4) is 0 Å². The van der Waals surface area contributed by atoms with E-state index in [-0.39, 0.29) is 5.78 Å². The average Bonchev–Trinajstić information content (AvgIpc) is 2.35. The molecule has 0 radical (unpaired) electrons. The first-order valence-corrected chi connectivity index (χ1v) is 6.12. The molecular weight excluding hydrogens is 246 g/mol. The lowest BCUT2D eigenvalue weighted by Gasteiger charge is -2.05. The number of para-hydroxylation sites is 1. The third kappa shape index (κ3) is 3.34. The Bertz CT molecular complexity index is 549. The van der Waals surface area contributed by atoms with Crippen LogP contribution >= 0.6 is 11.6 Å². The lowest BCUT2D eigenvalue weighted by atomic mass is 10.0. The van der Waals surface area contributed by atoms with E-state index in [9.17, 15) is 4.79 Å². The van der Waals surface area contributed by atoms with Crippen molar-refractivity contribution < 1.29 is 4.79 Å². The van der Waals surface area contributed by atoms with Gasteiger partial charge in [-0.25, -0.2) is 0 Å². The molecule has 2 aromatic carbocycles. The fourth-order valence-corrected chi connectivity index (χ4v) is 1.93. The van der Waals surface area contributed by atoms with Gasteiger partial charge in [0.2, 0.25) is 0 Å². The van der Waals surface area contributed by atoms with Gasteiger partial charge >= 0.3 is 0 Å². The van der Waals surface area contributed by atoms with Gasteiger partial charge in [0.25, 0.3) is 0 Å². The smallest absolute Gasteiger partial charge is 0.141 e. The monoisotopic (exact) mass is 259 g/mol. The molecule has 0 bridgehead atoms. The first-order valence-electron chi connectivity index (χ1n) is 5.74. The van der Waals surface area contributed by atoms with E-state index in [1.54, 1.807) is 12.1 Å². The number of nitrogen functional groups attached to an aromatic ring is 1. The first kappa shape index (κ1) is 12.7. The second kappa shape index (κ2) is 5.69. The second-order valence-corrected chi connectivity index (χ2v) is 4.65. The molecule has 0 atom stereocenters. The van der Waals surface area contributed by atoms with Gasteiger partial charge in [0.1, 0.15) is 5.78 Å². The van der Waals surface area contributed by atoms with Crippen molar-refractivity contribution >= 4 is 23.1 Å². The third-order valence-electron chi connectivity index (χ3n) is 2.76. The number of Topliss-reactive ketones (excluding diaryl/α,β-unsaturated/α-hetero) is 1. The Balaban J connectivity index is 2.01. The van der Waals surface area contributed by atoms with Gasteiger partial charge in [-0.3, -0.25) is 4.79 Å². The fraction of sp³-hybridized carbons (Fsp3) is 0.133. The van der Waals surface area contributed by atoms with E-state index in [1.807, 2.05) is 36.4 Å². The van der Waals surface area contributed by atoms with Crippen LogP contribution in [0.3, 0.4) is 0 Å². The van der Waals surface area contributed by atoms with Crippen LogP contribution in [-0.2, 0) is 17.6 Å². The zero-order chi connectivity index (χ0) is 13.0. The number of benzene rings is 2. The predicted octanol–water partition coefficient (Wildman–Crippen LogP) is 3.28. The molecule has 0 unspecified atom stereocenters. The maximum atomic E-state index is 11.9. The van der Waals surface area contributed by atoms with Gasteiger partial charge in [0.15, 0.2) is 0 Å². The van der Waals surface area contributed by atoms with Crippen LogP contribution < -0.4 is 5.73 Å². The summed E-state index contributed by atoms with van der Waals surface area (Å²) in [4.78, 5) is 11.9. The number of hydrogen-bond acceptors (Lipinski definition) is 2. The number of rotatable bonds is 4. The highest BCUT2D eigenvalue weighted by molar-refractivity contribution is 6.30. The normalized spacial score (nSPS) is 10.3. The summed E-state index contributed by atoms with van der Waals surface area (Å²) in [6, 6.07) is 14.8. The van der Waals surface area contributed by atoms with Crippen LogP contribution in [0.1, 0.15) is 11.1 Å². The molecule has 0 fully saturated rings. The molecule has 2 aromatic rings. The van der Waals surface area contributed by atoms with Gasteiger partial charge in [-0.05, 0) is 29.3 Å². The lowest BCUT2D eigenvalue weighted by Crippen LogP contribution is -2.08. The first-order chi connectivity index (χ1) is 8.65. The maximum absolute atomic E-state index is 11.9. The molecule has 2 nitrogen and oxygen atoms in total. The van der Waals surface area contributed by atoms with Gasteiger partial charge in [-0.15, -0.1) is 0 Å². The summed E-state index contributed by atoms with van der Waals surface area (Å²) in [5.41, 5.74) is 8.34. The van der Waals surface area contributed by atoms with Crippen molar-refractivity contribution in [2.24, 2.45) is 0 Å². The van der Waals surface area contributed by atoms with Crippen molar-refractivity contribution in [3.05, 3.63) is 64.7 Å². The second-order valence-electron chi connectivity index (χ2n) is 4.22. The van der Waals surface area contributed by atoms with Crippen LogP contribution in [0.4, 0.5) is 5.69 Å². The van der Waals surface area contributed by atoms with E-state index >= 15 is 0 Å². The molecule has 0 saturated heterocycles. The number of halogens is 1. The van der Waals surface area contributed by atoms with E-state index in [0.29, 0.717) is 23.6 Å². The fourth-order valence-electron chi connectivity index (χ4n) is 1.80. The van der Waals surface area contributed by atoms with Crippen molar-refractivity contribution in [1.29, 1.82) is 0 Å². The van der Waals surface area contributed by atoms with Crippen LogP contribution in [0.25, 0.3) is 0 Å². The number of carbonyl (C=O) groups excluding carboxylic acids is 1. The van der Waals surface area contributed by atoms with Crippen molar-refractivity contribution in [3.63, 3.8) is 0 Å². The van der Waals surface area contributed by atoms with Crippen LogP contribution in [0.2, 0.25) is 5.02 Å². The van der Waals surface area contributed by atoms with Gasteiger partial charge in [0, 0.05) is 23.6 Å². The molecule has 0 aliphatic carbocycles. The van der Waals surface area contributed by atoms with Gasteiger partial charge < -0.3 is 5.73 Å². The molecule has 0 aromatic heterocycles. The van der Waals surface area contributed by atoms with Crippen LogP contribution in [0.15, 0.2) is 48.5 Å². The summed E-state index contributed by atoms with van der Waals surface area (Å²) in [5.74, 6) is 0.148. The molecule has 2 N–H and O–H groups in total. The van der Waals surface area contributed by atoms with E-state index in [2.05, 4.69) is 0 Å². The van der Waals surface area contributed by atoms with E-state index < -0.39 is 0 Å². The highest BCUT2D eigenvalue weighted by Gasteiger charge is 2.07. The number of nitrogens with two attached hydrogens (primary N) is 1. The van der Waals surface area contributed by atoms with Gasteiger partial charge in [-0.1, -0.05) is 41.9 Å². The van der Waals surface area contributed by atoms with Crippen LogP contribution in [0.5, 0.6) is 0 Å². The van der Waals surface area contributed by atoms with Crippen LogP contribution in [-0.4, -0.2) is 5.78 Å². The molecule has 18 heavy (non-hydrogen) atoms. The summed E-state index contributed by atoms with van der Waals surface area (Å²) >= 11 is 5.80. The largest absolute Gasteiger partial charge is 0.398 e. The minimum absolute atomic E-state index is 0.148. The number of anilines is 1. The minimum atomic E-state index is 0.148. The van der Waals surface area contributed by atoms with Gasteiger partial charge in [-0.2, -0.15) is 0 Å². The summed E-state index contributed by atoms with van der Waals surface area (Å²) in [6.07, 6.45) is 0.779. The molecule has 0 heterocycles. The Kier molecular flexibility index (Phi) is 4.00. The Morgan fingerprint density at radius 2 is 1.67 bits per heavy atom. The SMILES string of the molecule is Nc1ccccc1CC(=O)Cc1ccc(Cl)cc1. The van der Waals surface area contributed by atoms with Gasteiger partial charge in [0.05, 0.1) is 0 Å². The average molecular weight is 260 g/mol. The quantitative estimate of drug-likeness (QED) is 0.857. The number of carbonyl (C=O) groups is 1. The highest BCUT2D eigenvalue weighted by atomic mass is 35.5. The summed E-state index contributed by atoms with van der Waals surface area (Å²) in [7, 11) is 0. The van der Waals surface area contributed by atoms with Crippen molar-refractivity contribution in [2.45, 2.75) is 12.8 Å². The standard InChI is InChI=1S/C15H14ClNO/c16-13-7-5-11(6-8-13)9-14(18)10-12-3-1-2-4-15(12)17/h1-8H,9-10,17H2. The topological polar surface area (TPSA) is 43.1 Å². The minimum Gasteiger partial charge on any atom is -0.398 e. The van der Waals surface area contributed by atoms with E-state index in [4.69, 9.17) is 17.3 Å². The third-order valence-corrected chi connectivity index (χ3v) is 3.01. The zero-order valence-corrected chi connectivity index (χ0v) is 10.7. The van der Waals surface area contributed by atoms with E-state index in [0.717, 1.165) is 11.1 Å². The van der Waals surface area contributed by atoms with Crippen molar-refractivity contribution in [2.75, 3.05) is 5.73 Å².